The monoisotopic (exact) mass is 435 g/mol. The Kier molecular flexibility index (Phi) is 5.18. The molecule has 0 aliphatic carbocycles. The highest BCUT2D eigenvalue weighted by atomic mass is 16.2. The number of carbonyl (C=O) groups excluding carboxylic acids is 3. The number of amides is 3. The second kappa shape index (κ2) is 8.31. The third kappa shape index (κ3) is 3.65. The number of hydrogen-bond acceptors (Lipinski definition) is 4. The van der Waals surface area contributed by atoms with Crippen LogP contribution in [0.1, 0.15) is 33.8 Å². The summed E-state index contributed by atoms with van der Waals surface area (Å²) in [5, 5.41) is 3.88. The van der Waals surface area contributed by atoms with E-state index < -0.39 is 5.92 Å². The van der Waals surface area contributed by atoms with Crippen molar-refractivity contribution in [2.24, 2.45) is 0 Å². The number of nitrogens with one attached hydrogen (secondary N) is 1. The molecule has 0 spiro atoms. The maximum Gasteiger partial charge on any atom is 0.256 e. The van der Waals surface area contributed by atoms with Crippen LogP contribution in [-0.4, -0.2) is 22.7 Å². The molecule has 4 aromatic rings. The molecule has 6 nitrogen and oxygen atoms in total. The SMILES string of the molecule is Cc1cccc(C2CC(=O)N(c3ccccc3)C2=O)c1C(=O)Nc1cccc2cccnc12. The van der Waals surface area contributed by atoms with Crippen molar-refractivity contribution >= 4 is 40.0 Å². The van der Waals surface area contributed by atoms with Crippen LogP contribution in [0, 0.1) is 6.92 Å². The predicted octanol–water partition coefficient (Wildman–Crippen LogP) is 4.84. The molecule has 0 saturated carbocycles. The van der Waals surface area contributed by atoms with Crippen molar-refractivity contribution in [3.63, 3.8) is 0 Å². The van der Waals surface area contributed by atoms with Crippen molar-refractivity contribution in [3.8, 4) is 0 Å². The van der Waals surface area contributed by atoms with E-state index in [0.29, 0.717) is 28.0 Å². The molecule has 1 N–H and O–H groups in total. The lowest BCUT2D eigenvalue weighted by Gasteiger charge is -2.18. The second-order valence-electron chi connectivity index (χ2n) is 8.03. The van der Waals surface area contributed by atoms with E-state index in [1.807, 2.05) is 49.4 Å². The molecule has 1 aromatic heterocycles. The van der Waals surface area contributed by atoms with Crippen molar-refractivity contribution in [3.05, 3.63) is 102 Å². The molecule has 3 aromatic carbocycles. The molecule has 1 aliphatic rings. The van der Waals surface area contributed by atoms with E-state index in [2.05, 4.69) is 10.3 Å². The maximum atomic E-state index is 13.4. The highest BCUT2D eigenvalue weighted by Gasteiger charge is 2.42. The Hall–Kier alpha value is -4.32. The van der Waals surface area contributed by atoms with Gasteiger partial charge in [-0.2, -0.15) is 0 Å². The van der Waals surface area contributed by atoms with Crippen LogP contribution >= 0.6 is 0 Å². The molecule has 2 heterocycles. The number of carbonyl (C=O) groups is 3. The Morgan fingerprint density at radius 2 is 1.70 bits per heavy atom. The standard InChI is InChI=1S/C27H21N3O3/c1-17-8-5-13-20(21-16-23(31)30(27(21)33)19-11-3-2-4-12-19)24(17)26(32)29-22-14-6-9-18-10-7-15-28-25(18)22/h2-15,21H,16H2,1H3,(H,29,32). The van der Waals surface area contributed by atoms with Crippen molar-refractivity contribution in [1.82, 2.24) is 4.98 Å². The van der Waals surface area contributed by atoms with Crippen LogP contribution in [0.4, 0.5) is 11.4 Å². The van der Waals surface area contributed by atoms with Gasteiger partial charge in [-0.15, -0.1) is 0 Å². The number of anilines is 2. The summed E-state index contributed by atoms with van der Waals surface area (Å²) < 4.78 is 0. The van der Waals surface area contributed by atoms with Crippen LogP contribution in [0.25, 0.3) is 10.9 Å². The smallest absolute Gasteiger partial charge is 0.256 e. The summed E-state index contributed by atoms with van der Waals surface area (Å²) in [5.41, 5.74) is 3.51. The predicted molar refractivity (Wildman–Crippen MR) is 127 cm³/mol. The maximum absolute atomic E-state index is 13.4. The first-order chi connectivity index (χ1) is 16.0. The van der Waals surface area contributed by atoms with E-state index in [1.54, 1.807) is 42.6 Å². The molecule has 3 amide bonds. The number of fused-ring (bicyclic) bond motifs is 1. The summed E-state index contributed by atoms with van der Waals surface area (Å²) in [6.45, 7) is 1.83. The topological polar surface area (TPSA) is 79.4 Å². The quantitative estimate of drug-likeness (QED) is 0.465. The largest absolute Gasteiger partial charge is 0.320 e. The van der Waals surface area contributed by atoms with Gasteiger partial charge < -0.3 is 5.32 Å². The Balaban J connectivity index is 1.51. The number of aromatic nitrogens is 1. The van der Waals surface area contributed by atoms with Gasteiger partial charge in [-0.05, 0) is 42.3 Å². The van der Waals surface area contributed by atoms with Gasteiger partial charge >= 0.3 is 0 Å². The van der Waals surface area contributed by atoms with Crippen LogP contribution in [0.5, 0.6) is 0 Å². The Bertz CT molecular complexity index is 1390. The lowest BCUT2D eigenvalue weighted by atomic mass is 9.89. The molecule has 1 aliphatic heterocycles. The van der Waals surface area contributed by atoms with Crippen LogP contribution < -0.4 is 10.2 Å². The number of imide groups is 1. The van der Waals surface area contributed by atoms with Crippen molar-refractivity contribution in [2.75, 3.05) is 10.2 Å². The number of benzene rings is 3. The molecule has 33 heavy (non-hydrogen) atoms. The molecule has 0 radical (unpaired) electrons. The van der Waals surface area contributed by atoms with Crippen LogP contribution in [0.2, 0.25) is 0 Å². The highest BCUT2D eigenvalue weighted by molar-refractivity contribution is 6.23. The molecule has 162 valence electrons. The van der Waals surface area contributed by atoms with Gasteiger partial charge in [0.05, 0.1) is 22.8 Å². The molecular weight excluding hydrogens is 414 g/mol. The van der Waals surface area contributed by atoms with Gasteiger partial charge in [0.25, 0.3) is 5.91 Å². The average Bonchev–Trinajstić information content (AvgIpc) is 3.13. The number of aryl methyl sites for hydroxylation is 1. The highest BCUT2D eigenvalue weighted by Crippen LogP contribution is 2.36. The molecule has 5 rings (SSSR count). The number of hydrogen-bond donors (Lipinski definition) is 1. The van der Waals surface area contributed by atoms with E-state index in [9.17, 15) is 14.4 Å². The Labute approximate surface area is 190 Å². The summed E-state index contributed by atoms with van der Waals surface area (Å²) in [5.74, 6) is -1.65. The molecule has 1 atom stereocenters. The molecule has 1 fully saturated rings. The molecule has 1 unspecified atom stereocenters. The number of pyridine rings is 1. The minimum absolute atomic E-state index is 0.0211. The van der Waals surface area contributed by atoms with Crippen LogP contribution in [0.15, 0.2) is 85.1 Å². The molecule has 1 saturated heterocycles. The van der Waals surface area contributed by atoms with Gasteiger partial charge in [-0.25, -0.2) is 0 Å². The first-order valence-corrected chi connectivity index (χ1v) is 10.7. The average molecular weight is 435 g/mol. The fourth-order valence-corrected chi connectivity index (χ4v) is 4.40. The lowest BCUT2D eigenvalue weighted by molar-refractivity contribution is -0.121. The zero-order chi connectivity index (χ0) is 22.9. The van der Waals surface area contributed by atoms with Crippen molar-refractivity contribution in [1.29, 1.82) is 0 Å². The van der Waals surface area contributed by atoms with E-state index in [0.717, 1.165) is 10.9 Å². The minimum atomic E-state index is -0.719. The normalized spacial score (nSPS) is 15.8. The first-order valence-electron chi connectivity index (χ1n) is 10.7. The fourth-order valence-electron chi connectivity index (χ4n) is 4.40. The minimum Gasteiger partial charge on any atom is -0.320 e. The second-order valence-corrected chi connectivity index (χ2v) is 8.03. The van der Waals surface area contributed by atoms with Crippen molar-refractivity contribution < 1.29 is 14.4 Å². The third-order valence-corrected chi connectivity index (χ3v) is 5.95. The van der Waals surface area contributed by atoms with E-state index in [-0.39, 0.29) is 24.1 Å². The molecule has 6 heteroatoms. The van der Waals surface area contributed by atoms with Gasteiger partial charge in [0.2, 0.25) is 11.8 Å². The summed E-state index contributed by atoms with van der Waals surface area (Å²) in [4.78, 5) is 45.1. The first kappa shape index (κ1) is 20.6. The Morgan fingerprint density at radius 3 is 2.52 bits per heavy atom. The van der Waals surface area contributed by atoms with Gasteiger partial charge in [-0.1, -0.05) is 54.6 Å². The van der Waals surface area contributed by atoms with Gasteiger partial charge in [-0.3, -0.25) is 24.3 Å². The van der Waals surface area contributed by atoms with E-state index in [4.69, 9.17) is 0 Å². The zero-order valence-electron chi connectivity index (χ0n) is 18.0. The van der Waals surface area contributed by atoms with Crippen LogP contribution in [-0.2, 0) is 9.59 Å². The van der Waals surface area contributed by atoms with Gasteiger partial charge in [0, 0.05) is 23.6 Å². The number of nitrogens with zero attached hydrogens (tertiary/aromatic N) is 2. The van der Waals surface area contributed by atoms with Crippen molar-refractivity contribution in [2.45, 2.75) is 19.3 Å². The zero-order valence-corrected chi connectivity index (χ0v) is 18.0. The van der Waals surface area contributed by atoms with E-state index in [1.165, 1.54) is 4.90 Å². The summed E-state index contributed by atoms with van der Waals surface area (Å²) in [7, 11) is 0. The van der Waals surface area contributed by atoms with Crippen LogP contribution in [0.3, 0.4) is 0 Å². The summed E-state index contributed by atoms with van der Waals surface area (Å²) in [6, 6.07) is 23.6. The fraction of sp³-hybridized carbons (Fsp3) is 0.111. The summed E-state index contributed by atoms with van der Waals surface area (Å²) >= 11 is 0. The Morgan fingerprint density at radius 1 is 0.939 bits per heavy atom. The van der Waals surface area contributed by atoms with Gasteiger partial charge in [0.15, 0.2) is 0 Å². The number of para-hydroxylation sites is 2. The molecule has 0 bridgehead atoms. The van der Waals surface area contributed by atoms with Gasteiger partial charge in [0.1, 0.15) is 0 Å². The van der Waals surface area contributed by atoms with E-state index >= 15 is 0 Å². The lowest BCUT2D eigenvalue weighted by Crippen LogP contribution is -2.30. The molecular formula is C27H21N3O3. The third-order valence-electron chi connectivity index (χ3n) is 5.95. The number of rotatable bonds is 4. The summed E-state index contributed by atoms with van der Waals surface area (Å²) in [6.07, 6.45) is 1.70.